The molecule has 0 unspecified atom stereocenters. The maximum atomic E-state index is 13.8. The van der Waals surface area contributed by atoms with Crippen molar-refractivity contribution in [3.63, 3.8) is 0 Å². The molecule has 1 heterocycles. The number of carbonyl (C=O) groups excluding carboxylic acids is 1. The van der Waals surface area contributed by atoms with Gasteiger partial charge in [0.1, 0.15) is 5.82 Å². The molecular weight excluding hydrogens is 339 g/mol. The van der Waals surface area contributed by atoms with Gasteiger partial charge in [0.05, 0.1) is 11.3 Å². The minimum absolute atomic E-state index is 0.0395. The number of amides is 1. The highest BCUT2D eigenvalue weighted by Gasteiger charge is 2.21. The third kappa shape index (κ3) is 3.39. The topological polar surface area (TPSA) is 76.1 Å². The predicted octanol–water partition coefficient (Wildman–Crippen LogP) is 3.08. The van der Waals surface area contributed by atoms with E-state index in [1.165, 1.54) is 26.0 Å². The van der Waals surface area contributed by atoms with Crippen LogP contribution in [0, 0.1) is 19.7 Å². The average Bonchev–Trinajstić information content (AvgIpc) is 2.73. The van der Waals surface area contributed by atoms with E-state index in [1.807, 2.05) is 0 Å². The Kier molecular flexibility index (Phi) is 4.31. The van der Waals surface area contributed by atoms with Crippen LogP contribution in [0.15, 0.2) is 22.4 Å². The first-order chi connectivity index (χ1) is 9.70. The number of aromatic nitrogens is 1. The van der Waals surface area contributed by atoms with Crippen molar-refractivity contribution in [3.8, 4) is 0 Å². The molecule has 0 atom stereocenters. The van der Waals surface area contributed by atoms with Crippen LogP contribution < -0.4 is 5.32 Å². The molecule has 0 aliphatic carbocycles. The van der Waals surface area contributed by atoms with Crippen molar-refractivity contribution in [2.45, 2.75) is 18.1 Å². The molecule has 0 saturated carbocycles. The molecule has 0 aliphatic heterocycles. The Morgan fingerprint density at radius 2 is 2.05 bits per heavy atom. The summed E-state index contributed by atoms with van der Waals surface area (Å²) in [5.41, 5.74) is 0.371. The average molecular weight is 349 g/mol. The molecule has 0 aliphatic rings. The van der Waals surface area contributed by atoms with Gasteiger partial charge in [-0.25, -0.2) is 17.8 Å². The molecule has 5 nitrogen and oxygen atoms in total. The summed E-state index contributed by atoms with van der Waals surface area (Å²) in [5.74, 6) is -1.34. The molecule has 9 heteroatoms. The fourth-order valence-electron chi connectivity index (χ4n) is 1.65. The zero-order valence-electron chi connectivity index (χ0n) is 11.0. The first-order valence-electron chi connectivity index (χ1n) is 5.68. The Bertz CT molecular complexity index is 818. The number of thiazole rings is 1. The second kappa shape index (κ2) is 5.70. The number of nitrogens with zero attached hydrogens (tertiary/aromatic N) is 1. The summed E-state index contributed by atoms with van der Waals surface area (Å²) in [6.45, 7) is 2.99. The molecule has 1 aromatic carbocycles. The molecule has 0 bridgehead atoms. The van der Waals surface area contributed by atoms with E-state index in [9.17, 15) is 17.6 Å². The van der Waals surface area contributed by atoms with Gasteiger partial charge in [0.15, 0.2) is 9.34 Å². The van der Waals surface area contributed by atoms with Crippen molar-refractivity contribution >= 4 is 42.1 Å². The standard InChI is InChI=1S/C12H10ClFN2O3S2/c1-6-4-3-5-8(9(6)14)10(17)16-12-15-7(2)11(20-12)21(13,18)19/h3-5H,1-2H3,(H,15,16,17). The summed E-state index contributed by atoms with van der Waals surface area (Å²) in [5, 5.41) is 2.40. The minimum Gasteiger partial charge on any atom is -0.298 e. The van der Waals surface area contributed by atoms with Gasteiger partial charge < -0.3 is 0 Å². The van der Waals surface area contributed by atoms with Gasteiger partial charge in [-0.15, -0.1) is 0 Å². The van der Waals surface area contributed by atoms with Crippen LogP contribution in [0.25, 0.3) is 0 Å². The number of hydrogen-bond acceptors (Lipinski definition) is 5. The third-order valence-electron chi connectivity index (χ3n) is 2.63. The molecule has 1 amide bonds. The molecule has 0 saturated heterocycles. The van der Waals surface area contributed by atoms with Crippen molar-refractivity contribution in [3.05, 3.63) is 40.8 Å². The van der Waals surface area contributed by atoms with E-state index < -0.39 is 20.8 Å². The quantitative estimate of drug-likeness (QED) is 0.865. The first kappa shape index (κ1) is 15.9. The van der Waals surface area contributed by atoms with Crippen LogP contribution >= 0.6 is 22.0 Å². The lowest BCUT2D eigenvalue weighted by Crippen LogP contribution is -2.14. The second-order valence-electron chi connectivity index (χ2n) is 4.22. The van der Waals surface area contributed by atoms with E-state index in [1.54, 1.807) is 6.07 Å². The number of halogens is 2. The van der Waals surface area contributed by atoms with Gasteiger partial charge in [0.25, 0.3) is 15.0 Å². The van der Waals surface area contributed by atoms with Crippen molar-refractivity contribution < 1.29 is 17.6 Å². The Labute approximate surface area is 129 Å². The zero-order chi connectivity index (χ0) is 15.8. The maximum absolute atomic E-state index is 13.8. The van der Waals surface area contributed by atoms with Gasteiger partial charge in [-0.3, -0.25) is 10.1 Å². The zero-order valence-corrected chi connectivity index (χ0v) is 13.4. The normalized spacial score (nSPS) is 11.4. The van der Waals surface area contributed by atoms with E-state index in [2.05, 4.69) is 10.3 Å². The van der Waals surface area contributed by atoms with Crippen LogP contribution in [0.3, 0.4) is 0 Å². The van der Waals surface area contributed by atoms with Crippen LogP contribution in [0.1, 0.15) is 21.6 Å². The highest BCUT2D eigenvalue weighted by molar-refractivity contribution is 8.15. The van der Waals surface area contributed by atoms with Crippen LogP contribution in [0.5, 0.6) is 0 Å². The summed E-state index contributed by atoms with van der Waals surface area (Å²) < 4.78 is 36.3. The van der Waals surface area contributed by atoms with Crippen molar-refractivity contribution in [1.82, 2.24) is 4.98 Å². The SMILES string of the molecule is Cc1cccc(C(=O)Nc2nc(C)c(S(=O)(=O)Cl)s2)c1F. The molecule has 112 valence electrons. The largest absolute Gasteiger partial charge is 0.298 e. The lowest BCUT2D eigenvalue weighted by molar-refractivity contribution is 0.102. The van der Waals surface area contributed by atoms with E-state index in [0.717, 1.165) is 0 Å². The van der Waals surface area contributed by atoms with Gasteiger partial charge in [-0.05, 0) is 25.5 Å². The Morgan fingerprint density at radius 1 is 1.38 bits per heavy atom. The van der Waals surface area contributed by atoms with Crippen molar-refractivity contribution in [1.29, 1.82) is 0 Å². The molecule has 2 aromatic rings. The molecule has 0 radical (unpaired) electrons. The van der Waals surface area contributed by atoms with E-state index >= 15 is 0 Å². The molecule has 1 N–H and O–H groups in total. The van der Waals surface area contributed by atoms with Crippen LogP contribution in [0.2, 0.25) is 0 Å². The monoisotopic (exact) mass is 348 g/mol. The maximum Gasteiger partial charge on any atom is 0.272 e. The van der Waals surface area contributed by atoms with Crippen LogP contribution in [0.4, 0.5) is 9.52 Å². The Balaban J connectivity index is 2.31. The Morgan fingerprint density at radius 3 is 2.62 bits per heavy atom. The number of nitrogens with one attached hydrogen (secondary N) is 1. The third-order valence-corrected chi connectivity index (χ3v) is 5.88. The number of aryl methyl sites for hydroxylation is 2. The van der Waals surface area contributed by atoms with Crippen LogP contribution in [-0.4, -0.2) is 19.3 Å². The number of benzene rings is 1. The van der Waals surface area contributed by atoms with Crippen molar-refractivity contribution in [2.24, 2.45) is 0 Å². The van der Waals surface area contributed by atoms with Gasteiger partial charge in [0, 0.05) is 10.7 Å². The van der Waals surface area contributed by atoms with Crippen molar-refractivity contribution in [2.75, 3.05) is 5.32 Å². The molecule has 2 rings (SSSR count). The molecular formula is C12H10ClFN2O3S2. The van der Waals surface area contributed by atoms with Crippen LogP contribution in [-0.2, 0) is 9.05 Å². The number of carbonyl (C=O) groups is 1. The van der Waals surface area contributed by atoms with E-state index in [0.29, 0.717) is 16.9 Å². The molecule has 0 fully saturated rings. The lowest BCUT2D eigenvalue weighted by atomic mass is 10.1. The summed E-state index contributed by atoms with van der Waals surface area (Å²) in [6.07, 6.45) is 0. The van der Waals surface area contributed by atoms with Gasteiger partial charge in [-0.1, -0.05) is 23.5 Å². The highest BCUT2D eigenvalue weighted by Crippen LogP contribution is 2.30. The molecule has 0 spiro atoms. The van der Waals surface area contributed by atoms with Gasteiger partial charge >= 0.3 is 0 Å². The molecule has 21 heavy (non-hydrogen) atoms. The van der Waals surface area contributed by atoms with E-state index in [4.69, 9.17) is 10.7 Å². The summed E-state index contributed by atoms with van der Waals surface area (Å²) in [6, 6.07) is 4.42. The predicted molar refractivity (Wildman–Crippen MR) is 79.0 cm³/mol. The smallest absolute Gasteiger partial charge is 0.272 e. The minimum atomic E-state index is -3.93. The first-order valence-corrected chi connectivity index (χ1v) is 8.81. The number of anilines is 1. The fourth-order valence-corrected chi connectivity index (χ4v) is 4.00. The van der Waals surface area contributed by atoms with E-state index in [-0.39, 0.29) is 20.6 Å². The second-order valence-corrected chi connectivity index (χ2v) is 7.98. The highest BCUT2D eigenvalue weighted by atomic mass is 35.7. The molecule has 1 aromatic heterocycles. The fraction of sp³-hybridized carbons (Fsp3) is 0.167. The summed E-state index contributed by atoms with van der Waals surface area (Å²) in [4.78, 5) is 15.9. The van der Waals surface area contributed by atoms with Gasteiger partial charge in [-0.2, -0.15) is 0 Å². The number of hydrogen-bond donors (Lipinski definition) is 1. The summed E-state index contributed by atoms with van der Waals surface area (Å²) >= 11 is 0.714. The lowest BCUT2D eigenvalue weighted by Gasteiger charge is -2.04. The summed E-state index contributed by atoms with van der Waals surface area (Å²) in [7, 11) is 1.32. The van der Waals surface area contributed by atoms with Gasteiger partial charge in [0.2, 0.25) is 0 Å². The Hall–Kier alpha value is -1.51. The number of rotatable bonds is 3.